The molecule has 0 aromatic heterocycles. The van der Waals surface area contributed by atoms with Crippen LogP contribution in [0.25, 0.3) is 0 Å². The number of esters is 3. The smallest absolute Gasteiger partial charge is 0.306 e. The second-order valence-corrected chi connectivity index (χ2v) is 19.2. The second-order valence-electron chi connectivity index (χ2n) is 19.2. The van der Waals surface area contributed by atoms with Crippen LogP contribution < -0.4 is 0 Å². The summed E-state index contributed by atoms with van der Waals surface area (Å²) in [6, 6.07) is 0. The normalized spacial score (nSPS) is 12.9. The molecule has 0 fully saturated rings. The monoisotopic (exact) mass is 985 g/mol. The van der Waals surface area contributed by atoms with Crippen molar-refractivity contribution in [1.82, 2.24) is 0 Å². The van der Waals surface area contributed by atoms with Crippen molar-refractivity contribution in [1.29, 1.82) is 0 Å². The highest BCUT2D eigenvalue weighted by Gasteiger charge is 2.19. The molecule has 71 heavy (non-hydrogen) atoms. The predicted octanol–water partition coefficient (Wildman–Crippen LogP) is 19.9. The Labute approximate surface area is 438 Å². The molecule has 0 rings (SSSR count). The van der Waals surface area contributed by atoms with Crippen LogP contribution in [0.3, 0.4) is 0 Å². The van der Waals surface area contributed by atoms with Gasteiger partial charge in [0.25, 0.3) is 0 Å². The maximum Gasteiger partial charge on any atom is 0.306 e. The van der Waals surface area contributed by atoms with E-state index in [0.29, 0.717) is 19.3 Å². The number of unbranched alkanes of at least 4 members (excludes halogenated alkanes) is 23. The van der Waals surface area contributed by atoms with Gasteiger partial charge in [0.1, 0.15) is 13.2 Å². The van der Waals surface area contributed by atoms with Crippen molar-refractivity contribution in [2.24, 2.45) is 0 Å². The number of carbonyl (C=O) groups excluding carboxylic acids is 3. The lowest BCUT2D eigenvalue weighted by Gasteiger charge is -2.18. The summed E-state index contributed by atoms with van der Waals surface area (Å²) in [5, 5.41) is 0. The van der Waals surface area contributed by atoms with Crippen LogP contribution in [0.5, 0.6) is 0 Å². The van der Waals surface area contributed by atoms with E-state index in [9.17, 15) is 14.4 Å². The SMILES string of the molecule is CC/C=C\C/C=C\C/C=C\CCCCCCCC(=O)O[C@H](COC(=O)CCCCC/C=C\C/C=C\C/C=C\C/C=C\CCCCC)COC(=O)CCCCCCCCCCC/C=C\C/C=C\CCCCC. The average molecular weight is 986 g/mol. The van der Waals surface area contributed by atoms with Crippen LogP contribution in [0.4, 0.5) is 0 Å². The summed E-state index contributed by atoms with van der Waals surface area (Å²) in [4.78, 5) is 38.2. The fourth-order valence-electron chi connectivity index (χ4n) is 7.82. The van der Waals surface area contributed by atoms with E-state index in [1.54, 1.807) is 0 Å². The Kier molecular flexibility index (Phi) is 55.4. The van der Waals surface area contributed by atoms with Crippen molar-refractivity contribution in [3.63, 3.8) is 0 Å². The molecule has 0 aliphatic rings. The largest absolute Gasteiger partial charge is 0.462 e. The Morgan fingerprint density at radius 2 is 0.549 bits per heavy atom. The zero-order chi connectivity index (χ0) is 51.4. The van der Waals surface area contributed by atoms with Crippen molar-refractivity contribution < 1.29 is 28.6 Å². The van der Waals surface area contributed by atoms with Gasteiger partial charge in [0.15, 0.2) is 6.10 Å². The maximum atomic E-state index is 12.9. The Morgan fingerprint density at radius 3 is 0.873 bits per heavy atom. The van der Waals surface area contributed by atoms with Gasteiger partial charge in [-0.3, -0.25) is 14.4 Å². The Balaban J connectivity index is 4.47. The standard InChI is InChI=1S/C65H108O6/c1-4-7-10-13-16-19-22-25-28-30-32-34-37-39-42-45-48-51-54-57-63(66)69-60-62(71-65(68)59-56-53-50-47-44-41-36-27-24-21-18-15-12-9-6-3)61-70-64(67)58-55-52-49-46-43-40-38-35-33-31-29-26-23-20-17-14-11-8-5-2/h9,12,16-21,25-29,32,34,36,39,42,62H,4-8,10-11,13-15,22-24,30-31,33,35,37-38,40-41,43-61H2,1-3H3/b12-9-,19-16-,20-17-,21-18-,28-25-,29-26-,34-32-,36-27-,42-39-/t62-/m1/s1. The van der Waals surface area contributed by atoms with Gasteiger partial charge in [0.2, 0.25) is 0 Å². The quantitative estimate of drug-likeness (QED) is 0.0261. The van der Waals surface area contributed by atoms with Crippen LogP contribution in [0.1, 0.15) is 265 Å². The molecule has 1 atom stereocenters. The molecular weight excluding hydrogens is 877 g/mol. The van der Waals surface area contributed by atoms with Gasteiger partial charge in [-0.1, -0.05) is 226 Å². The fraction of sp³-hybridized carbons (Fsp3) is 0.677. The van der Waals surface area contributed by atoms with E-state index < -0.39 is 6.10 Å². The van der Waals surface area contributed by atoms with Crippen LogP contribution in [-0.2, 0) is 28.6 Å². The van der Waals surface area contributed by atoms with Crippen LogP contribution in [0.2, 0.25) is 0 Å². The molecule has 0 saturated heterocycles. The van der Waals surface area contributed by atoms with E-state index >= 15 is 0 Å². The summed E-state index contributed by atoms with van der Waals surface area (Å²) in [6.07, 6.45) is 79.3. The lowest BCUT2D eigenvalue weighted by atomic mass is 10.1. The number of ether oxygens (including phenoxy) is 3. The molecule has 0 saturated carbocycles. The second kappa shape index (κ2) is 58.6. The molecule has 6 nitrogen and oxygen atoms in total. The third kappa shape index (κ3) is 56.9. The first kappa shape index (κ1) is 67.1. The first-order valence-electron chi connectivity index (χ1n) is 29.4. The molecule has 0 aromatic carbocycles. The van der Waals surface area contributed by atoms with Crippen LogP contribution in [0.15, 0.2) is 109 Å². The summed E-state index contributed by atoms with van der Waals surface area (Å²) < 4.78 is 16.8. The van der Waals surface area contributed by atoms with E-state index in [0.717, 1.165) is 128 Å². The van der Waals surface area contributed by atoms with Crippen molar-refractivity contribution >= 4 is 17.9 Å². The summed E-state index contributed by atoms with van der Waals surface area (Å²) in [5.41, 5.74) is 0. The van der Waals surface area contributed by atoms with Crippen molar-refractivity contribution in [2.75, 3.05) is 13.2 Å². The Hall–Kier alpha value is -3.93. The zero-order valence-electron chi connectivity index (χ0n) is 46.2. The van der Waals surface area contributed by atoms with E-state index in [1.807, 2.05) is 0 Å². The molecule has 404 valence electrons. The minimum absolute atomic E-state index is 0.0991. The van der Waals surface area contributed by atoms with Crippen LogP contribution >= 0.6 is 0 Å². The highest BCUT2D eigenvalue weighted by Crippen LogP contribution is 2.14. The molecule has 0 amide bonds. The van der Waals surface area contributed by atoms with E-state index in [2.05, 4.69) is 130 Å². The molecule has 0 radical (unpaired) electrons. The molecule has 0 spiro atoms. The maximum absolute atomic E-state index is 12.9. The van der Waals surface area contributed by atoms with Gasteiger partial charge < -0.3 is 14.2 Å². The van der Waals surface area contributed by atoms with E-state index in [1.165, 1.54) is 96.3 Å². The lowest BCUT2D eigenvalue weighted by molar-refractivity contribution is -0.167. The summed E-state index contributed by atoms with van der Waals surface area (Å²) in [7, 11) is 0. The average Bonchev–Trinajstić information content (AvgIpc) is 3.37. The van der Waals surface area contributed by atoms with Gasteiger partial charge in [0.05, 0.1) is 0 Å². The summed E-state index contributed by atoms with van der Waals surface area (Å²) in [5.74, 6) is -0.950. The van der Waals surface area contributed by atoms with Crippen molar-refractivity contribution in [2.45, 2.75) is 271 Å². The molecule has 0 aromatic rings. The van der Waals surface area contributed by atoms with Gasteiger partial charge in [-0.15, -0.1) is 0 Å². The van der Waals surface area contributed by atoms with Gasteiger partial charge in [-0.2, -0.15) is 0 Å². The third-order valence-electron chi connectivity index (χ3n) is 12.2. The number of carbonyl (C=O) groups is 3. The molecule has 0 N–H and O–H groups in total. The molecule has 0 heterocycles. The van der Waals surface area contributed by atoms with Gasteiger partial charge in [-0.05, 0) is 128 Å². The highest BCUT2D eigenvalue weighted by atomic mass is 16.6. The fourth-order valence-corrected chi connectivity index (χ4v) is 7.82. The van der Waals surface area contributed by atoms with Gasteiger partial charge in [0, 0.05) is 19.3 Å². The van der Waals surface area contributed by atoms with Crippen LogP contribution in [0, 0.1) is 0 Å². The Morgan fingerprint density at radius 1 is 0.296 bits per heavy atom. The zero-order valence-corrected chi connectivity index (χ0v) is 46.2. The summed E-state index contributed by atoms with van der Waals surface area (Å²) >= 11 is 0. The van der Waals surface area contributed by atoms with Gasteiger partial charge in [-0.25, -0.2) is 0 Å². The molecule has 0 unspecified atom stereocenters. The molecule has 0 bridgehead atoms. The first-order chi connectivity index (χ1) is 35.0. The molecular formula is C65H108O6. The minimum Gasteiger partial charge on any atom is -0.462 e. The topological polar surface area (TPSA) is 78.9 Å². The van der Waals surface area contributed by atoms with E-state index in [4.69, 9.17) is 14.2 Å². The predicted molar refractivity (Wildman–Crippen MR) is 307 cm³/mol. The minimum atomic E-state index is -0.805. The number of rotatable bonds is 52. The summed E-state index contributed by atoms with van der Waals surface area (Å²) in [6.45, 7) is 6.44. The third-order valence-corrected chi connectivity index (χ3v) is 12.2. The van der Waals surface area contributed by atoms with Crippen molar-refractivity contribution in [3.8, 4) is 0 Å². The molecule has 0 aliphatic heterocycles. The number of hydrogen-bond donors (Lipinski definition) is 0. The van der Waals surface area contributed by atoms with Crippen molar-refractivity contribution in [3.05, 3.63) is 109 Å². The number of allylic oxidation sites excluding steroid dienone is 18. The van der Waals surface area contributed by atoms with E-state index in [-0.39, 0.29) is 31.1 Å². The van der Waals surface area contributed by atoms with Gasteiger partial charge >= 0.3 is 17.9 Å². The lowest BCUT2D eigenvalue weighted by Crippen LogP contribution is -2.30. The number of hydrogen-bond acceptors (Lipinski definition) is 6. The van der Waals surface area contributed by atoms with Crippen LogP contribution in [-0.4, -0.2) is 37.2 Å². The molecule has 0 aliphatic carbocycles. The first-order valence-corrected chi connectivity index (χ1v) is 29.4. The Bertz CT molecular complexity index is 1460. The molecule has 6 heteroatoms. The highest BCUT2D eigenvalue weighted by molar-refractivity contribution is 5.71.